The van der Waals surface area contributed by atoms with E-state index in [1.165, 1.54) is 0 Å². The Kier molecular flexibility index (Phi) is 3.84. The second-order valence-corrected chi connectivity index (χ2v) is 4.52. The molecule has 1 atom stereocenters. The van der Waals surface area contributed by atoms with E-state index in [4.69, 9.17) is 15.6 Å². The van der Waals surface area contributed by atoms with Crippen LogP contribution in [0, 0.1) is 6.92 Å². The zero-order valence-corrected chi connectivity index (χ0v) is 10.4. The zero-order valence-electron chi connectivity index (χ0n) is 10.4. The molecule has 5 heteroatoms. The van der Waals surface area contributed by atoms with Crippen molar-refractivity contribution in [2.75, 3.05) is 32.0 Å². The highest BCUT2D eigenvalue weighted by Crippen LogP contribution is 2.17. The highest BCUT2D eigenvalue weighted by atomic mass is 16.5. The van der Waals surface area contributed by atoms with Gasteiger partial charge in [0.15, 0.2) is 0 Å². The molecule has 1 unspecified atom stereocenters. The number of nitrogen functional groups attached to an aromatic ring is 1. The molecule has 98 valence electrons. The first-order valence-electron chi connectivity index (χ1n) is 5.99. The molecule has 0 bridgehead atoms. The number of aliphatic hydroxyl groups excluding tert-OH is 1. The third-order valence-corrected chi connectivity index (χ3v) is 3.07. The summed E-state index contributed by atoms with van der Waals surface area (Å²) in [5, 5.41) is 9.06. The van der Waals surface area contributed by atoms with Gasteiger partial charge >= 0.3 is 0 Å². The topological polar surface area (TPSA) is 75.8 Å². The first-order valence-corrected chi connectivity index (χ1v) is 5.99. The molecule has 5 nitrogen and oxygen atoms in total. The lowest BCUT2D eigenvalue weighted by Crippen LogP contribution is -2.47. The van der Waals surface area contributed by atoms with Crippen molar-refractivity contribution >= 4 is 11.6 Å². The lowest BCUT2D eigenvalue weighted by Gasteiger charge is -2.32. The van der Waals surface area contributed by atoms with E-state index < -0.39 is 0 Å². The van der Waals surface area contributed by atoms with Crippen LogP contribution in [0.25, 0.3) is 0 Å². The predicted molar refractivity (Wildman–Crippen MR) is 68.3 cm³/mol. The maximum Gasteiger partial charge on any atom is 0.256 e. The Morgan fingerprint density at radius 2 is 2.39 bits per heavy atom. The van der Waals surface area contributed by atoms with Gasteiger partial charge in [0.25, 0.3) is 5.91 Å². The number of rotatable bonds is 2. The van der Waals surface area contributed by atoms with Gasteiger partial charge in [0.05, 0.1) is 24.9 Å². The average Bonchev–Trinajstić information content (AvgIpc) is 2.38. The summed E-state index contributed by atoms with van der Waals surface area (Å²) in [6.45, 7) is 3.24. The molecule has 0 saturated carbocycles. The van der Waals surface area contributed by atoms with Crippen LogP contribution in [-0.2, 0) is 4.74 Å². The van der Waals surface area contributed by atoms with Gasteiger partial charge in [0.2, 0.25) is 0 Å². The van der Waals surface area contributed by atoms with Crippen molar-refractivity contribution in [2.24, 2.45) is 0 Å². The molecule has 1 fully saturated rings. The van der Waals surface area contributed by atoms with Gasteiger partial charge in [-0.2, -0.15) is 0 Å². The van der Waals surface area contributed by atoms with E-state index in [1.54, 1.807) is 17.0 Å². The second-order valence-electron chi connectivity index (χ2n) is 4.52. The monoisotopic (exact) mass is 250 g/mol. The molecule has 1 aliphatic rings. The zero-order chi connectivity index (χ0) is 13.1. The fourth-order valence-corrected chi connectivity index (χ4v) is 2.06. The number of benzene rings is 1. The highest BCUT2D eigenvalue weighted by molar-refractivity contribution is 5.99. The molecular formula is C13H18N2O3. The van der Waals surface area contributed by atoms with Crippen molar-refractivity contribution in [2.45, 2.75) is 13.0 Å². The number of carbonyl (C=O) groups excluding carboxylic acids is 1. The molecule has 3 N–H and O–H groups in total. The Bertz CT molecular complexity index is 448. The van der Waals surface area contributed by atoms with Gasteiger partial charge in [-0.1, -0.05) is 6.07 Å². The van der Waals surface area contributed by atoms with Crippen LogP contribution in [-0.4, -0.2) is 48.3 Å². The van der Waals surface area contributed by atoms with E-state index in [9.17, 15) is 4.79 Å². The molecule has 1 heterocycles. The van der Waals surface area contributed by atoms with Gasteiger partial charge < -0.3 is 20.5 Å². The van der Waals surface area contributed by atoms with Crippen molar-refractivity contribution in [3.63, 3.8) is 0 Å². The molecule has 1 amide bonds. The Hall–Kier alpha value is -1.59. The van der Waals surface area contributed by atoms with E-state index in [1.807, 2.05) is 13.0 Å². The van der Waals surface area contributed by atoms with Crippen LogP contribution in [0.1, 0.15) is 15.9 Å². The molecule has 1 aromatic carbocycles. The standard InChI is InChI=1S/C13H18N2O3/c1-9-2-3-11(12(14)6-9)13(17)15-4-5-18-10(7-15)8-16/h2-3,6,10,16H,4-5,7-8,14H2,1H3. The van der Waals surface area contributed by atoms with Gasteiger partial charge in [0.1, 0.15) is 0 Å². The first kappa shape index (κ1) is 12.9. The summed E-state index contributed by atoms with van der Waals surface area (Å²) in [7, 11) is 0. The van der Waals surface area contributed by atoms with Gasteiger partial charge in [0, 0.05) is 18.8 Å². The van der Waals surface area contributed by atoms with Crippen LogP contribution >= 0.6 is 0 Å². The lowest BCUT2D eigenvalue weighted by molar-refractivity contribution is -0.0447. The summed E-state index contributed by atoms with van der Waals surface area (Å²) in [4.78, 5) is 14.0. The molecule has 0 aliphatic carbocycles. The summed E-state index contributed by atoms with van der Waals surface area (Å²) in [5.74, 6) is -0.103. The third-order valence-electron chi connectivity index (χ3n) is 3.07. The number of hydrogen-bond acceptors (Lipinski definition) is 4. The molecule has 1 aliphatic heterocycles. The van der Waals surface area contributed by atoms with E-state index >= 15 is 0 Å². The fourth-order valence-electron chi connectivity index (χ4n) is 2.06. The van der Waals surface area contributed by atoms with E-state index in [-0.39, 0.29) is 18.6 Å². The molecule has 2 rings (SSSR count). The summed E-state index contributed by atoms with van der Waals surface area (Å²) in [6, 6.07) is 5.40. The summed E-state index contributed by atoms with van der Waals surface area (Å²) in [5.41, 5.74) is 7.90. The van der Waals surface area contributed by atoms with Gasteiger partial charge in [-0.3, -0.25) is 4.79 Å². The van der Waals surface area contributed by atoms with Crippen molar-refractivity contribution in [3.05, 3.63) is 29.3 Å². The first-order chi connectivity index (χ1) is 8.61. The second kappa shape index (κ2) is 5.37. The molecule has 0 radical (unpaired) electrons. The minimum Gasteiger partial charge on any atom is -0.398 e. The molecular weight excluding hydrogens is 232 g/mol. The number of hydrogen-bond donors (Lipinski definition) is 2. The maximum absolute atomic E-state index is 12.3. The predicted octanol–water partition coefficient (Wildman–Crippen LogP) is 0.411. The number of amides is 1. The molecule has 0 spiro atoms. The van der Waals surface area contributed by atoms with Crippen LogP contribution in [0.3, 0.4) is 0 Å². The van der Waals surface area contributed by atoms with Crippen LogP contribution in [0.5, 0.6) is 0 Å². The molecule has 18 heavy (non-hydrogen) atoms. The van der Waals surface area contributed by atoms with Gasteiger partial charge in [-0.25, -0.2) is 0 Å². The molecule has 1 aromatic rings. The molecule has 1 saturated heterocycles. The Balaban J connectivity index is 2.15. The largest absolute Gasteiger partial charge is 0.398 e. The average molecular weight is 250 g/mol. The molecule has 0 aromatic heterocycles. The van der Waals surface area contributed by atoms with Crippen LogP contribution < -0.4 is 5.73 Å². The van der Waals surface area contributed by atoms with E-state index in [0.717, 1.165) is 5.56 Å². The summed E-state index contributed by atoms with van der Waals surface area (Å²) < 4.78 is 5.32. The number of anilines is 1. The summed E-state index contributed by atoms with van der Waals surface area (Å²) in [6.07, 6.45) is -0.297. The number of aliphatic hydroxyl groups is 1. The number of aryl methyl sites for hydroxylation is 1. The Labute approximate surface area is 106 Å². The van der Waals surface area contributed by atoms with Crippen molar-refractivity contribution in [1.82, 2.24) is 4.90 Å². The van der Waals surface area contributed by atoms with Crippen LogP contribution in [0.4, 0.5) is 5.69 Å². The minimum absolute atomic E-state index is 0.0762. The quantitative estimate of drug-likeness (QED) is 0.745. The van der Waals surface area contributed by atoms with Crippen molar-refractivity contribution in [1.29, 1.82) is 0 Å². The number of morpholine rings is 1. The number of nitrogens with two attached hydrogens (primary N) is 1. The lowest BCUT2D eigenvalue weighted by atomic mass is 10.1. The normalized spacial score (nSPS) is 19.9. The fraction of sp³-hybridized carbons (Fsp3) is 0.462. The number of carbonyl (C=O) groups is 1. The van der Waals surface area contributed by atoms with E-state index in [0.29, 0.717) is 30.9 Å². The van der Waals surface area contributed by atoms with Gasteiger partial charge in [-0.15, -0.1) is 0 Å². The third kappa shape index (κ3) is 2.63. The van der Waals surface area contributed by atoms with E-state index in [2.05, 4.69) is 0 Å². The number of ether oxygens (including phenoxy) is 1. The Morgan fingerprint density at radius 1 is 1.61 bits per heavy atom. The number of nitrogens with zero attached hydrogens (tertiary/aromatic N) is 1. The van der Waals surface area contributed by atoms with Gasteiger partial charge in [-0.05, 0) is 24.6 Å². The highest BCUT2D eigenvalue weighted by Gasteiger charge is 2.25. The smallest absolute Gasteiger partial charge is 0.256 e. The summed E-state index contributed by atoms with van der Waals surface area (Å²) >= 11 is 0. The SMILES string of the molecule is Cc1ccc(C(=O)N2CCOC(CO)C2)c(N)c1. The Morgan fingerprint density at radius 3 is 3.06 bits per heavy atom. The maximum atomic E-state index is 12.3. The van der Waals surface area contributed by atoms with Crippen LogP contribution in [0.15, 0.2) is 18.2 Å². The van der Waals surface area contributed by atoms with Crippen molar-refractivity contribution in [3.8, 4) is 0 Å². The van der Waals surface area contributed by atoms with Crippen molar-refractivity contribution < 1.29 is 14.6 Å². The minimum atomic E-state index is -0.297. The van der Waals surface area contributed by atoms with Crippen LogP contribution in [0.2, 0.25) is 0 Å².